The van der Waals surface area contributed by atoms with Crippen LogP contribution in [0.1, 0.15) is 25.3 Å². The SMILES string of the molecule is COc1ccc2cc([C@H](C)C(=O)OCCS(=O)CCOC(=O)OC(C)O[N+](=O)[O-])ccc2c1. The van der Waals surface area contributed by atoms with E-state index in [0.717, 1.165) is 29.0 Å². The first-order valence-corrected chi connectivity index (χ1v) is 11.4. The summed E-state index contributed by atoms with van der Waals surface area (Å²) in [6.45, 7) is 2.58. The first-order valence-electron chi connectivity index (χ1n) is 9.93. The Labute approximate surface area is 192 Å². The van der Waals surface area contributed by atoms with Gasteiger partial charge in [0.05, 0.1) is 24.5 Å². The molecule has 0 saturated carbocycles. The van der Waals surface area contributed by atoms with Crippen LogP contribution in [0, 0.1) is 10.1 Å². The van der Waals surface area contributed by atoms with E-state index in [4.69, 9.17) is 9.47 Å². The summed E-state index contributed by atoms with van der Waals surface area (Å²) < 4.78 is 31.5. The van der Waals surface area contributed by atoms with Crippen LogP contribution in [-0.2, 0) is 34.6 Å². The highest BCUT2D eigenvalue weighted by atomic mass is 32.2. The molecule has 0 aliphatic heterocycles. The van der Waals surface area contributed by atoms with Crippen molar-refractivity contribution in [3.05, 3.63) is 52.1 Å². The molecule has 0 saturated heterocycles. The number of hydrogen-bond acceptors (Lipinski definition) is 10. The molecule has 0 aromatic heterocycles. The van der Waals surface area contributed by atoms with Crippen molar-refractivity contribution in [2.24, 2.45) is 0 Å². The molecular weight excluding hydrogens is 458 g/mol. The minimum Gasteiger partial charge on any atom is -0.497 e. The molecule has 0 spiro atoms. The third-order valence-corrected chi connectivity index (χ3v) is 5.75. The molecule has 2 aromatic rings. The standard InChI is InChI=1S/C21H25NO10S/c1-14(16-4-5-18-13-19(28-3)7-6-17(18)12-16)20(23)29-8-10-33(27)11-9-30-21(24)31-15(2)32-22(25)26/h4-7,12-15H,8-11H2,1-3H3/t14-,15?,33?/m0/s1. The van der Waals surface area contributed by atoms with Gasteiger partial charge in [-0.1, -0.05) is 24.3 Å². The number of methoxy groups -OCH3 is 1. The maximum absolute atomic E-state index is 12.4. The third-order valence-electron chi connectivity index (χ3n) is 4.51. The summed E-state index contributed by atoms with van der Waals surface area (Å²) in [4.78, 5) is 37.8. The van der Waals surface area contributed by atoms with Gasteiger partial charge in [0.2, 0.25) is 6.29 Å². The Balaban J connectivity index is 1.71. The summed E-state index contributed by atoms with van der Waals surface area (Å²) in [7, 11) is 0.182. The average molecular weight is 483 g/mol. The summed E-state index contributed by atoms with van der Waals surface area (Å²) in [6, 6.07) is 11.3. The second kappa shape index (κ2) is 12.6. The zero-order valence-corrected chi connectivity index (χ0v) is 19.2. The van der Waals surface area contributed by atoms with Gasteiger partial charge < -0.3 is 18.9 Å². The predicted octanol–water partition coefficient (Wildman–Crippen LogP) is 2.95. The van der Waals surface area contributed by atoms with Gasteiger partial charge in [0.1, 0.15) is 19.0 Å². The zero-order valence-electron chi connectivity index (χ0n) is 18.4. The van der Waals surface area contributed by atoms with E-state index in [1.807, 2.05) is 36.4 Å². The van der Waals surface area contributed by atoms with E-state index in [9.17, 15) is 23.9 Å². The molecule has 0 bridgehead atoms. The molecular formula is C21H25NO10S. The van der Waals surface area contributed by atoms with Gasteiger partial charge in [0, 0.05) is 10.8 Å². The lowest BCUT2D eigenvalue weighted by atomic mass is 9.98. The average Bonchev–Trinajstić information content (AvgIpc) is 2.77. The molecule has 33 heavy (non-hydrogen) atoms. The Kier molecular flexibility index (Phi) is 9.85. The lowest BCUT2D eigenvalue weighted by Crippen LogP contribution is -2.23. The van der Waals surface area contributed by atoms with Gasteiger partial charge in [0.15, 0.2) is 0 Å². The molecule has 2 rings (SSSR count). The van der Waals surface area contributed by atoms with E-state index in [0.29, 0.717) is 0 Å². The van der Waals surface area contributed by atoms with Gasteiger partial charge in [-0.2, -0.15) is 0 Å². The molecule has 2 aromatic carbocycles. The number of esters is 1. The van der Waals surface area contributed by atoms with Crippen molar-refractivity contribution < 1.29 is 42.7 Å². The number of fused-ring (bicyclic) bond motifs is 1. The van der Waals surface area contributed by atoms with E-state index in [2.05, 4.69) is 14.3 Å². The summed E-state index contributed by atoms with van der Waals surface area (Å²) >= 11 is 0. The van der Waals surface area contributed by atoms with Crippen LogP contribution in [0.2, 0.25) is 0 Å². The van der Waals surface area contributed by atoms with E-state index in [1.54, 1.807) is 14.0 Å². The second-order valence-corrected chi connectivity index (χ2v) is 8.52. The van der Waals surface area contributed by atoms with Crippen molar-refractivity contribution >= 4 is 33.7 Å². The molecule has 0 amide bonds. The van der Waals surface area contributed by atoms with Crippen LogP contribution in [0.5, 0.6) is 5.75 Å². The molecule has 0 aliphatic rings. The highest BCUT2D eigenvalue weighted by Crippen LogP contribution is 2.25. The van der Waals surface area contributed by atoms with E-state index < -0.39 is 40.2 Å². The first-order chi connectivity index (χ1) is 15.7. The number of rotatable bonds is 12. The number of hydrogen-bond donors (Lipinski definition) is 0. The predicted molar refractivity (Wildman–Crippen MR) is 118 cm³/mol. The number of nitrogens with zero attached hydrogens (tertiary/aromatic N) is 1. The van der Waals surface area contributed by atoms with Gasteiger partial charge >= 0.3 is 12.1 Å². The maximum Gasteiger partial charge on any atom is 0.510 e. The quantitative estimate of drug-likeness (QED) is 0.191. The van der Waals surface area contributed by atoms with Gasteiger partial charge in [-0.25, -0.2) is 4.79 Å². The highest BCUT2D eigenvalue weighted by molar-refractivity contribution is 7.85. The topological polar surface area (TPSA) is 141 Å². The number of benzene rings is 2. The Hall–Kier alpha value is -3.41. The van der Waals surface area contributed by atoms with Crippen molar-refractivity contribution in [3.8, 4) is 5.75 Å². The molecule has 0 radical (unpaired) electrons. The lowest BCUT2D eigenvalue weighted by Gasteiger charge is -2.13. The van der Waals surface area contributed by atoms with E-state index in [1.165, 1.54) is 0 Å². The fourth-order valence-electron chi connectivity index (χ4n) is 2.77. The molecule has 0 N–H and O–H groups in total. The fourth-order valence-corrected chi connectivity index (χ4v) is 3.51. The number of ether oxygens (including phenoxy) is 4. The number of carbonyl (C=O) groups is 2. The fraction of sp³-hybridized carbons (Fsp3) is 0.429. The van der Waals surface area contributed by atoms with Gasteiger partial charge in [-0.15, -0.1) is 10.1 Å². The van der Waals surface area contributed by atoms with Crippen LogP contribution in [0.25, 0.3) is 10.8 Å². The summed E-state index contributed by atoms with van der Waals surface area (Å²) in [5.41, 5.74) is 0.793. The van der Waals surface area contributed by atoms with Crippen molar-refractivity contribution in [2.75, 3.05) is 31.8 Å². The molecule has 3 atom stereocenters. The van der Waals surface area contributed by atoms with Crippen LogP contribution in [0.15, 0.2) is 36.4 Å². The van der Waals surface area contributed by atoms with Crippen LogP contribution in [0.3, 0.4) is 0 Å². The maximum atomic E-state index is 12.4. The van der Waals surface area contributed by atoms with Crippen molar-refractivity contribution in [1.82, 2.24) is 0 Å². The largest absolute Gasteiger partial charge is 0.510 e. The summed E-state index contributed by atoms with van der Waals surface area (Å²) in [6.07, 6.45) is -2.61. The number of carbonyl (C=O) groups excluding carboxylic acids is 2. The monoisotopic (exact) mass is 483 g/mol. The van der Waals surface area contributed by atoms with Crippen LogP contribution in [0.4, 0.5) is 4.79 Å². The van der Waals surface area contributed by atoms with Gasteiger partial charge in [-0.3, -0.25) is 13.8 Å². The van der Waals surface area contributed by atoms with Crippen molar-refractivity contribution in [3.63, 3.8) is 0 Å². The van der Waals surface area contributed by atoms with Crippen molar-refractivity contribution in [2.45, 2.75) is 26.1 Å². The van der Waals surface area contributed by atoms with E-state index >= 15 is 0 Å². The Bertz CT molecular complexity index is 1010. The minimum atomic E-state index is -1.43. The van der Waals surface area contributed by atoms with Crippen LogP contribution < -0.4 is 4.74 Å². The lowest BCUT2D eigenvalue weighted by molar-refractivity contribution is -0.777. The molecule has 12 heteroatoms. The van der Waals surface area contributed by atoms with Crippen LogP contribution in [-0.4, -0.2) is 59.5 Å². The van der Waals surface area contributed by atoms with E-state index in [-0.39, 0.29) is 24.7 Å². The molecule has 2 unspecified atom stereocenters. The molecule has 0 fully saturated rings. The molecule has 180 valence electrons. The zero-order chi connectivity index (χ0) is 24.4. The Morgan fingerprint density at radius 2 is 1.67 bits per heavy atom. The summed E-state index contributed by atoms with van der Waals surface area (Å²) in [5, 5.41) is 11.0. The molecule has 0 aliphatic carbocycles. The first kappa shape index (κ1) is 25.8. The Morgan fingerprint density at radius 1 is 1.03 bits per heavy atom. The second-order valence-electron chi connectivity index (χ2n) is 6.82. The highest BCUT2D eigenvalue weighted by Gasteiger charge is 2.18. The minimum absolute atomic E-state index is 0.0131. The third kappa shape index (κ3) is 8.56. The van der Waals surface area contributed by atoms with Crippen molar-refractivity contribution in [1.29, 1.82) is 0 Å². The normalized spacial score (nSPS) is 13.4. The summed E-state index contributed by atoms with van der Waals surface area (Å²) in [5.74, 6) is -0.155. The molecule has 0 heterocycles. The van der Waals surface area contributed by atoms with Crippen LogP contribution >= 0.6 is 0 Å². The Morgan fingerprint density at radius 3 is 2.33 bits per heavy atom. The smallest absolute Gasteiger partial charge is 0.497 e. The van der Waals surface area contributed by atoms with Gasteiger partial charge in [-0.05, 0) is 42.3 Å². The molecule has 11 nitrogen and oxygen atoms in total. The van der Waals surface area contributed by atoms with Gasteiger partial charge in [0.25, 0.3) is 5.09 Å².